The summed E-state index contributed by atoms with van der Waals surface area (Å²) in [6.07, 6.45) is 6.83. The second-order valence-corrected chi connectivity index (χ2v) is 4.76. The van der Waals surface area contributed by atoms with Gasteiger partial charge in [-0.3, -0.25) is 0 Å². The molecule has 1 aliphatic rings. The first kappa shape index (κ1) is 12.0. The largest absolute Gasteiger partial charge is 0.324 e. The molecule has 1 aliphatic carbocycles. The van der Waals surface area contributed by atoms with Gasteiger partial charge in [-0.05, 0) is 41.1 Å². The van der Waals surface area contributed by atoms with Gasteiger partial charge < -0.3 is 5.73 Å². The summed E-state index contributed by atoms with van der Waals surface area (Å²) in [4.78, 5) is 0. The molecule has 80 valence electrons. The van der Waals surface area contributed by atoms with Crippen molar-refractivity contribution in [3.8, 4) is 0 Å². The van der Waals surface area contributed by atoms with Gasteiger partial charge in [-0.2, -0.15) is 11.3 Å². The average molecular weight is 232 g/mol. The SMILES string of the molecule is Cl.N[C@@H](c1ccsc1)C1CCCCC1. The molecule has 1 saturated carbocycles. The molecular formula is C11H18ClNS. The Hall–Kier alpha value is -0.0500. The van der Waals surface area contributed by atoms with Crippen LogP contribution in [0.25, 0.3) is 0 Å². The van der Waals surface area contributed by atoms with Gasteiger partial charge >= 0.3 is 0 Å². The Morgan fingerprint density at radius 2 is 2.00 bits per heavy atom. The number of nitrogens with two attached hydrogens (primary N) is 1. The van der Waals surface area contributed by atoms with Crippen LogP contribution in [0, 0.1) is 5.92 Å². The van der Waals surface area contributed by atoms with Crippen molar-refractivity contribution < 1.29 is 0 Å². The molecule has 0 saturated heterocycles. The third-order valence-electron chi connectivity index (χ3n) is 3.09. The van der Waals surface area contributed by atoms with E-state index in [1.54, 1.807) is 11.3 Å². The van der Waals surface area contributed by atoms with Crippen LogP contribution in [-0.4, -0.2) is 0 Å². The van der Waals surface area contributed by atoms with Gasteiger partial charge in [0.2, 0.25) is 0 Å². The van der Waals surface area contributed by atoms with E-state index in [4.69, 9.17) is 5.73 Å². The van der Waals surface area contributed by atoms with Gasteiger partial charge in [-0.25, -0.2) is 0 Å². The Morgan fingerprint density at radius 3 is 2.57 bits per heavy atom. The van der Waals surface area contributed by atoms with E-state index in [0.717, 1.165) is 5.92 Å². The molecule has 0 spiro atoms. The van der Waals surface area contributed by atoms with E-state index < -0.39 is 0 Å². The monoisotopic (exact) mass is 231 g/mol. The summed E-state index contributed by atoms with van der Waals surface area (Å²) in [6.45, 7) is 0. The van der Waals surface area contributed by atoms with Crippen LogP contribution in [0.4, 0.5) is 0 Å². The summed E-state index contributed by atoms with van der Waals surface area (Å²) in [7, 11) is 0. The smallest absolute Gasteiger partial charge is 0.0331 e. The van der Waals surface area contributed by atoms with Crippen LogP contribution in [0.5, 0.6) is 0 Å². The molecule has 1 atom stereocenters. The molecule has 1 fully saturated rings. The fourth-order valence-electron chi connectivity index (χ4n) is 2.23. The maximum Gasteiger partial charge on any atom is 0.0331 e. The molecule has 2 rings (SSSR count). The van der Waals surface area contributed by atoms with Gasteiger partial charge in [-0.1, -0.05) is 19.3 Å². The Morgan fingerprint density at radius 1 is 1.29 bits per heavy atom. The molecule has 1 heterocycles. The summed E-state index contributed by atoms with van der Waals surface area (Å²) in [6, 6.07) is 2.47. The molecule has 0 radical (unpaired) electrons. The molecule has 0 bridgehead atoms. The Kier molecular flexibility index (Phi) is 4.93. The second-order valence-electron chi connectivity index (χ2n) is 3.98. The van der Waals surface area contributed by atoms with E-state index in [1.807, 2.05) is 0 Å². The third kappa shape index (κ3) is 2.72. The molecule has 14 heavy (non-hydrogen) atoms. The number of hydrogen-bond acceptors (Lipinski definition) is 2. The van der Waals surface area contributed by atoms with Gasteiger partial charge in [0.1, 0.15) is 0 Å². The summed E-state index contributed by atoms with van der Waals surface area (Å²) in [5.41, 5.74) is 7.57. The molecule has 2 N–H and O–H groups in total. The van der Waals surface area contributed by atoms with Crippen LogP contribution < -0.4 is 5.73 Å². The highest BCUT2D eigenvalue weighted by Gasteiger charge is 2.21. The quantitative estimate of drug-likeness (QED) is 0.825. The van der Waals surface area contributed by atoms with Crippen molar-refractivity contribution in [3.05, 3.63) is 22.4 Å². The standard InChI is InChI=1S/C11H17NS.ClH/c12-11(10-6-7-13-8-10)9-4-2-1-3-5-9;/h6-9,11H,1-5,12H2;1H/t11-;/m1./s1. The van der Waals surface area contributed by atoms with Crippen molar-refractivity contribution in [1.82, 2.24) is 0 Å². The zero-order valence-electron chi connectivity index (χ0n) is 8.32. The third-order valence-corrected chi connectivity index (χ3v) is 3.79. The number of halogens is 1. The zero-order valence-corrected chi connectivity index (χ0v) is 9.95. The van der Waals surface area contributed by atoms with E-state index in [1.165, 1.54) is 37.7 Å². The summed E-state index contributed by atoms with van der Waals surface area (Å²) in [5.74, 6) is 0.739. The number of hydrogen-bond donors (Lipinski definition) is 1. The van der Waals surface area contributed by atoms with Gasteiger partial charge in [0.05, 0.1) is 0 Å². The second kappa shape index (κ2) is 5.74. The van der Waals surface area contributed by atoms with E-state index in [-0.39, 0.29) is 12.4 Å². The molecule has 1 aromatic rings. The van der Waals surface area contributed by atoms with Crippen LogP contribution in [0.15, 0.2) is 16.8 Å². The van der Waals surface area contributed by atoms with Gasteiger partial charge in [-0.15, -0.1) is 12.4 Å². The normalized spacial score (nSPS) is 20.1. The lowest BCUT2D eigenvalue weighted by Crippen LogP contribution is -2.22. The van der Waals surface area contributed by atoms with Crippen LogP contribution >= 0.6 is 23.7 Å². The highest BCUT2D eigenvalue weighted by Crippen LogP contribution is 2.33. The van der Waals surface area contributed by atoms with Crippen molar-refractivity contribution in [1.29, 1.82) is 0 Å². The minimum atomic E-state index is 0. The predicted octanol–water partition coefficient (Wildman–Crippen LogP) is 3.75. The maximum absolute atomic E-state index is 6.22. The Labute approximate surface area is 96.1 Å². The van der Waals surface area contributed by atoms with Crippen LogP contribution in [0.3, 0.4) is 0 Å². The van der Waals surface area contributed by atoms with Crippen LogP contribution in [0.2, 0.25) is 0 Å². The lowest BCUT2D eigenvalue weighted by atomic mass is 9.82. The molecule has 0 aromatic carbocycles. The van der Waals surface area contributed by atoms with Gasteiger partial charge in [0.25, 0.3) is 0 Å². The van der Waals surface area contributed by atoms with Crippen molar-refractivity contribution in [2.45, 2.75) is 38.1 Å². The summed E-state index contributed by atoms with van der Waals surface area (Å²) < 4.78 is 0. The van der Waals surface area contributed by atoms with Crippen molar-refractivity contribution >= 4 is 23.7 Å². The highest BCUT2D eigenvalue weighted by molar-refractivity contribution is 7.07. The highest BCUT2D eigenvalue weighted by atomic mass is 35.5. The minimum absolute atomic E-state index is 0. The van der Waals surface area contributed by atoms with Crippen LogP contribution in [0.1, 0.15) is 43.7 Å². The lowest BCUT2D eigenvalue weighted by molar-refractivity contribution is 0.308. The molecule has 0 amide bonds. The van der Waals surface area contributed by atoms with E-state index >= 15 is 0 Å². The van der Waals surface area contributed by atoms with E-state index in [2.05, 4.69) is 16.8 Å². The molecule has 3 heteroatoms. The van der Waals surface area contributed by atoms with Gasteiger partial charge in [0, 0.05) is 6.04 Å². The molecule has 0 unspecified atom stereocenters. The van der Waals surface area contributed by atoms with Crippen LogP contribution in [-0.2, 0) is 0 Å². The average Bonchev–Trinajstić information content (AvgIpc) is 2.71. The first-order valence-corrected chi connectivity index (χ1v) is 6.10. The Balaban J connectivity index is 0.000000980. The predicted molar refractivity (Wildman–Crippen MR) is 65.1 cm³/mol. The van der Waals surface area contributed by atoms with E-state index in [9.17, 15) is 0 Å². The van der Waals surface area contributed by atoms with Crippen molar-refractivity contribution in [3.63, 3.8) is 0 Å². The van der Waals surface area contributed by atoms with Crippen molar-refractivity contribution in [2.24, 2.45) is 11.7 Å². The number of rotatable bonds is 2. The topological polar surface area (TPSA) is 26.0 Å². The fourth-order valence-corrected chi connectivity index (χ4v) is 2.94. The summed E-state index contributed by atoms with van der Waals surface area (Å²) in [5, 5.41) is 4.32. The fraction of sp³-hybridized carbons (Fsp3) is 0.636. The maximum atomic E-state index is 6.22. The lowest BCUT2D eigenvalue weighted by Gasteiger charge is -2.26. The summed E-state index contributed by atoms with van der Waals surface area (Å²) >= 11 is 1.75. The van der Waals surface area contributed by atoms with Crippen molar-refractivity contribution in [2.75, 3.05) is 0 Å². The zero-order chi connectivity index (χ0) is 9.10. The van der Waals surface area contributed by atoms with Gasteiger partial charge in [0.15, 0.2) is 0 Å². The molecule has 0 aliphatic heterocycles. The Bertz CT molecular complexity index is 242. The van der Waals surface area contributed by atoms with E-state index in [0.29, 0.717) is 6.04 Å². The minimum Gasteiger partial charge on any atom is -0.324 e. The first-order valence-electron chi connectivity index (χ1n) is 5.15. The molecule has 1 nitrogen and oxygen atoms in total. The number of thiophene rings is 1. The molecule has 1 aromatic heterocycles. The first-order chi connectivity index (χ1) is 6.38. The molecular weight excluding hydrogens is 214 g/mol.